The molecule has 0 aliphatic rings. The second-order valence-corrected chi connectivity index (χ2v) is 5.99. The second kappa shape index (κ2) is 5.63. The highest BCUT2D eigenvalue weighted by atomic mass is 32.1. The summed E-state index contributed by atoms with van der Waals surface area (Å²) >= 11 is 1.78. The number of thiazole rings is 1. The van der Waals surface area contributed by atoms with Crippen LogP contribution in [-0.2, 0) is 6.54 Å². The van der Waals surface area contributed by atoms with Gasteiger partial charge < -0.3 is 5.32 Å². The van der Waals surface area contributed by atoms with E-state index in [4.69, 9.17) is 0 Å². The third kappa shape index (κ3) is 2.98. The maximum Gasteiger partial charge on any atom is 0.0900 e. The number of aromatic nitrogens is 1. The first-order valence-corrected chi connectivity index (χ1v) is 7.11. The molecule has 0 bridgehead atoms. The topological polar surface area (TPSA) is 24.9 Å². The van der Waals surface area contributed by atoms with Crippen molar-refractivity contribution in [2.45, 2.75) is 40.3 Å². The highest BCUT2D eigenvalue weighted by molar-refractivity contribution is 7.11. The molecule has 0 saturated carbocycles. The molecule has 0 saturated heterocycles. The summed E-state index contributed by atoms with van der Waals surface area (Å²) in [5, 5.41) is 4.73. The van der Waals surface area contributed by atoms with Crippen molar-refractivity contribution >= 4 is 11.3 Å². The van der Waals surface area contributed by atoms with E-state index in [-0.39, 0.29) is 0 Å². The lowest BCUT2D eigenvalue weighted by Crippen LogP contribution is -2.18. The molecule has 0 unspecified atom stereocenters. The Labute approximate surface area is 113 Å². The third-order valence-electron chi connectivity index (χ3n) is 3.22. The van der Waals surface area contributed by atoms with Gasteiger partial charge in [-0.2, -0.15) is 0 Å². The van der Waals surface area contributed by atoms with E-state index in [1.165, 1.54) is 16.0 Å². The molecule has 0 radical (unpaired) electrons. The zero-order valence-corrected chi connectivity index (χ0v) is 12.3. The molecular formula is C15H20N2S. The second-order valence-electron chi connectivity index (χ2n) is 4.70. The predicted molar refractivity (Wildman–Crippen MR) is 78.0 cm³/mol. The molecule has 2 aromatic rings. The Morgan fingerprint density at radius 1 is 1.22 bits per heavy atom. The SMILES string of the molecule is Cc1nc(C)c(CN[C@@H](C)c2ccccc2C)s1. The van der Waals surface area contributed by atoms with Crippen LogP contribution < -0.4 is 5.32 Å². The van der Waals surface area contributed by atoms with Crippen molar-refractivity contribution < 1.29 is 0 Å². The van der Waals surface area contributed by atoms with Crippen LogP contribution in [0.4, 0.5) is 0 Å². The van der Waals surface area contributed by atoms with E-state index in [1.54, 1.807) is 11.3 Å². The quantitative estimate of drug-likeness (QED) is 0.901. The first kappa shape index (κ1) is 13.2. The summed E-state index contributed by atoms with van der Waals surface area (Å²) in [5.41, 5.74) is 3.87. The van der Waals surface area contributed by atoms with Crippen LogP contribution in [0.2, 0.25) is 0 Å². The maximum absolute atomic E-state index is 4.46. The van der Waals surface area contributed by atoms with Gasteiger partial charge in [0.2, 0.25) is 0 Å². The normalized spacial score (nSPS) is 12.7. The highest BCUT2D eigenvalue weighted by Crippen LogP contribution is 2.20. The monoisotopic (exact) mass is 260 g/mol. The number of rotatable bonds is 4. The molecule has 3 heteroatoms. The molecule has 96 valence electrons. The zero-order valence-electron chi connectivity index (χ0n) is 11.4. The van der Waals surface area contributed by atoms with Crippen LogP contribution in [0.25, 0.3) is 0 Å². The van der Waals surface area contributed by atoms with Gasteiger partial charge in [-0.05, 0) is 38.8 Å². The van der Waals surface area contributed by atoms with Gasteiger partial charge in [-0.3, -0.25) is 0 Å². The summed E-state index contributed by atoms with van der Waals surface area (Å²) in [6.45, 7) is 9.42. The largest absolute Gasteiger partial charge is 0.305 e. The van der Waals surface area contributed by atoms with E-state index in [0.29, 0.717) is 6.04 Å². The molecule has 0 aliphatic heterocycles. The Bertz CT molecular complexity index is 531. The minimum Gasteiger partial charge on any atom is -0.305 e. The maximum atomic E-state index is 4.46. The van der Waals surface area contributed by atoms with E-state index >= 15 is 0 Å². The van der Waals surface area contributed by atoms with E-state index < -0.39 is 0 Å². The molecule has 0 amide bonds. The summed E-state index contributed by atoms with van der Waals surface area (Å²) < 4.78 is 0. The van der Waals surface area contributed by atoms with Crippen molar-refractivity contribution in [2.24, 2.45) is 0 Å². The van der Waals surface area contributed by atoms with Crippen molar-refractivity contribution in [2.75, 3.05) is 0 Å². The lowest BCUT2D eigenvalue weighted by Gasteiger charge is -2.16. The number of hydrogen-bond donors (Lipinski definition) is 1. The fourth-order valence-electron chi connectivity index (χ4n) is 2.17. The molecule has 0 aliphatic carbocycles. The number of nitrogens with one attached hydrogen (secondary N) is 1. The predicted octanol–water partition coefficient (Wildman–Crippen LogP) is 3.92. The van der Waals surface area contributed by atoms with Gasteiger partial charge in [-0.1, -0.05) is 24.3 Å². The summed E-state index contributed by atoms with van der Waals surface area (Å²) in [6.07, 6.45) is 0. The molecule has 0 spiro atoms. The fraction of sp³-hybridized carbons (Fsp3) is 0.400. The van der Waals surface area contributed by atoms with Gasteiger partial charge in [0.1, 0.15) is 0 Å². The van der Waals surface area contributed by atoms with Crippen molar-refractivity contribution in [3.8, 4) is 0 Å². The van der Waals surface area contributed by atoms with Crippen molar-refractivity contribution in [1.82, 2.24) is 10.3 Å². The fourth-order valence-corrected chi connectivity index (χ4v) is 3.05. The summed E-state index contributed by atoms with van der Waals surface area (Å²) in [6, 6.07) is 8.91. The minimum atomic E-state index is 0.369. The summed E-state index contributed by atoms with van der Waals surface area (Å²) in [7, 11) is 0. The molecule has 0 fully saturated rings. The van der Waals surface area contributed by atoms with Gasteiger partial charge in [-0.15, -0.1) is 11.3 Å². The first-order valence-electron chi connectivity index (χ1n) is 6.29. The van der Waals surface area contributed by atoms with Crippen LogP contribution in [0.15, 0.2) is 24.3 Å². The van der Waals surface area contributed by atoms with Crippen LogP contribution in [0, 0.1) is 20.8 Å². The van der Waals surface area contributed by atoms with Crippen molar-refractivity contribution in [3.05, 3.63) is 51.0 Å². The van der Waals surface area contributed by atoms with E-state index in [1.807, 2.05) is 0 Å². The summed E-state index contributed by atoms with van der Waals surface area (Å²) in [5.74, 6) is 0. The molecular weight excluding hydrogens is 240 g/mol. The van der Waals surface area contributed by atoms with Gasteiger partial charge in [0.25, 0.3) is 0 Å². The highest BCUT2D eigenvalue weighted by Gasteiger charge is 2.09. The Morgan fingerprint density at radius 2 is 1.94 bits per heavy atom. The van der Waals surface area contributed by atoms with Crippen LogP contribution in [0.3, 0.4) is 0 Å². The Morgan fingerprint density at radius 3 is 2.56 bits per heavy atom. The van der Waals surface area contributed by atoms with E-state index in [9.17, 15) is 0 Å². The van der Waals surface area contributed by atoms with Crippen LogP contribution in [0.5, 0.6) is 0 Å². The molecule has 1 aromatic heterocycles. The number of nitrogens with zero attached hydrogens (tertiary/aromatic N) is 1. The van der Waals surface area contributed by atoms with Crippen molar-refractivity contribution in [3.63, 3.8) is 0 Å². The Kier molecular flexibility index (Phi) is 4.15. The number of benzene rings is 1. The van der Waals surface area contributed by atoms with Crippen molar-refractivity contribution in [1.29, 1.82) is 0 Å². The molecule has 1 N–H and O–H groups in total. The molecule has 2 rings (SSSR count). The van der Waals surface area contributed by atoms with Crippen LogP contribution in [0.1, 0.15) is 39.7 Å². The van der Waals surface area contributed by atoms with Gasteiger partial charge in [0.05, 0.1) is 10.7 Å². The number of hydrogen-bond acceptors (Lipinski definition) is 3. The Hall–Kier alpha value is -1.19. The number of aryl methyl sites for hydroxylation is 3. The summed E-state index contributed by atoms with van der Waals surface area (Å²) in [4.78, 5) is 5.80. The standard InChI is InChI=1S/C15H20N2S/c1-10-7-5-6-8-14(10)11(2)16-9-15-12(3)17-13(4)18-15/h5-8,11,16H,9H2,1-4H3/t11-/m0/s1. The van der Waals surface area contributed by atoms with E-state index in [2.05, 4.69) is 62.3 Å². The first-order chi connectivity index (χ1) is 8.58. The van der Waals surface area contributed by atoms with Gasteiger partial charge >= 0.3 is 0 Å². The van der Waals surface area contributed by atoms with E-state index in [0.717, 1.165) is 17.2 Å². The average molecular weight is 260 g/mol. The van der Waals surface area contributed by atoms with Crippen LogP contribution in [-0.4, -0.2) is 4.98 Å². The molecule has 1 heterocycles. The molecule has 1 atom stereocenters. The smallest absolute Gasteiger partial charge is 0.0900 e. The van der Waals surface area contributed by atoms with Gasteiger partial charge in [-0.25, -0.2) is 4.98 Å². The lowest BCUT2D eigenvalue weighted by molar-refractivity contribution is 0.574. The lowest BCUT2D eigenvalue weighted by atomic mass is 10.0. The van der Waals surface area contributed by atoms with Gasteiger partial charge in [0, 0.05) is 17.5 Å². The zero-order chi connectivity index (χ0) is 13.1. The Balaban J connectivity index is 2.03. The van der Waals surface area contributed by atoms with Crippen LogP contribution >= 0.6 is 11.3 Å². The molecule has 2 nitrogen and oxygen atoms in total. The molecule has 1 aromatic carbocycles. The minimum absolute atomic E-state index is 0.369. The molecule has 18 heavy (non-hydrogen) atoms. The average Bonchev–Trinajstić information content (AvgIpc) is 2.65. The third-order valence-corrected chi connectivity index (χ3v) is 4.30. The van der Waals surface area contributed by atoms with Gasteiger partial charge in [0.15, 0.2) is 0 Å².